The summed E-state index contributed by atoms with van der Waals surface area (Å²) in [6.07, 6.45) is 1.42. The van der Waals surface area contributed by atoms with Gasteiger partial charge in [0.05, 0.1) is 23.5 Å². The number of H-pyrrole nitrogens is 1. The summed E-state index contributed by atoms with van der Waals surface area (Å²) in [6.45, 7) is 3.92. The van der Waals surface area contributed by atoms with Crippen LogP contribution in [0, 0.1) is 12.7 Å². The molecule has 3 rings (SSSR count). The van der Waals surface area contributed by atoms with Crippen LogP contribution in [0.15, 0.2) is 54.7 Å². The first-order valence-electron chi connectivity index (χ1n) is 7.72. The molecule has 0 saturated heterocycles. The zero-order valence-corrected chi connectivity index (χ0v) is 13.5. The van der Waals surface area contributed by atoms with Crippen molar-refractivity contribution in [2.45, 2.75) is 19.9 Å². The molecule has 1 aromatic heterocycles. The van der Waals surface area contributed by atoms with Crippen molar-refractivity contribution in [3.63, 3.8) is 0 Å². The highest BCUT2D eigenvalue weighted by molar-refractivity contribution is 6.00. The van der Waals surface area contributed by atoms with E-state index < -0.39 is 5.82 Å². The molecule has 5 heteroatoms. The molecule has 4 nitrogen and oxygen atoms in total. The Hall–Kier alpha value is -2.95. The number of nitrogens with zero attached hydrogens (tertiary/aromatic N) is 1. The number of carbonyl (C=O) groups excluding carboxylic acids is 1. The number of aromatic amines is 1. The fraction of sp³-hybridized carbons (Fsp3) is 0.158. The Morgan fingerprint density at radius 1 is 1.21 bits per heavy atom. The van der Waals surface area contributed by atoms with E-state index in [1.807, 2.05) is 38.1 Å². The van der Waals surface area contributed by atoms with Crippen molar-refractivity contribution in [1.29, 1.82) is 0 Å². The molecule has 2 N–H and O–H groups in total. The summed E-state index contributed by atoms with van der Waals surface area (Å²) in [5.74, 6) is -0.696. The van der Waals surface area contributed by atoms with Crippen LogP contribution in [0.2, 0.25) is 0 Å². The van der Waals surface area contributed by atoms with E-state index >= 15 is 0 Å². The van der Waals surface area contributed by atoms with E-state index in [2.05, 4.69) is 15.5 Å². The maximum absolute atomic E-state index is 14.0. The summed E-state index contributed by atoms with van der Waals surface area (Å²) < 4.78 is 14.0. The first-order valence-corrected chi connectivity index (χ1v) is 7.72. The van der Waals surface area contributed by atoms with E-state index in [0.29, 0.717) is 16.8 Å². The third-order valence-electron chi connectivity index (χ3n) is 3.92. The van der Waals surface area contributed by atoms with Gasteiger partial charge in [-0.15, -0.1) is 0 Å². The highest BCUT2D eigenvalue weighted by Gasteiger charge is 2.19. The van der Waals surface area contributed by atoms with Gasteiger partial charge in [0.1, 0.15) is 5.82 Å². The largest absolute Gasteiger partial charge is 0.345 e. The monoisotopic (exact) mass is 323 g/mol. The number of aromatic nitrogens is 2. The third kappa shape index (κ3) is 3.20. The number of amides is 1. The third-order valence-corrected chi connectivity index (χ3v) is 3.92. The van der Waals surface area contributed by atoms with Crippen molar-refractivity contribution >= 4 is 5.91 Å². The first-order chi connectivity index (χ1) is 11.6. The molecule has 1 atom stereocenters. The Morgan fingerprint density at radius 3 is 2.75 bits per heavy atom. The Labute approximate surface area is 139 Å². The van der Waals surface area contributed by atoms with E-state index in [9.17, 15) is 9.18 Å². The lowest BCUT2D eigenvalue weighted by atomic mass is 10.0. The van der Waals surface area contributed by atoms with Gasteiger partial charge in [0.25, 0.3) is 5.91 Å². The van der Waals surface area contributed by atoms with Gasteiger partial charge in [-0.2, -0.15) is 5.10 Å². The second kappa shape index (κ2) is 6.66. The van der Waals surface area contributed by atoms with E-state index in [-0.39, 0.29) is 11.9 Å². The van der Waals surface area contributed by atoms with Gasteiger partial charge in [-0.3, -0.25) is 9.89 Å². The van der Waals surface area contributed by atoms with Gasteiger partial charge < -0.3 is 5.32 Å². The topological polar surface area (TPSA) is 57.8 Å². The summed E-state index contributed by atoms with van der Waals surface area (Å²) in [4.78, 5) is 12.6. The van der Waals surface area contributed by atoms with E-state index in [0.717, 1.165) is 11.1 Å². The maximum Gasteiger partial charge on any atom is 0.255 e. The minimum Gasteiger partial charge on any atom is -0.345 e. The number of hydrogen-bond donors (Lipinski definition) is 2. The van der Waals surface area contributed by atoms with Crippen molar-refractivity contribution < 1.29 is 9.18 Å². The Morgan fingerprint density at radius 2 is 2.00 bits per heavy atom. The predicted octanol–water partition coefficient (Wildman–Crippen LogP) is 4.02. The summed E-state index contributed by atoms with van der Waals surface area (Å²) >= 11 is 0. The van der Waals surface area contributed by atoms with Crippen molar-refractivity contribution in [2.75, 3.05) is 0 Å². The van der Waals surface area contributed by atoms with E-state index in [1.54, 1.807) is 18.2 Å². The normalized spacial score (nSPS) is 12.0. The van der Waals surface area contributed by atoms with Crippen LogP contribution in [0.25, 0.3) is 11.3 Å². The van der Waals surface area contributed by atoms with Crippen molar-refractivity contribution in [1.82, 2.24) is 15.5 Å². The molecule has 0 spiro atoms. The average molecular weight is 323 g/mol. The molecule has 0 saturated carbocycles. The van der Waals surface area contributed by atoms with Gasteiger partial charge in [0.2, 0.25) is 0 Å². The van der Waals surface area contributed by atoms with Crippen LogP contribution in [0.5, 0.6) is 0 Å². The Balaban J connectivity index is 1.84. The lowest BCUT2D eigenvalue weighted by Gasteiger charge is -2.15. The van der Waals surface area contributed by atoms with Crippen LogP contribution in [0.4, 0.5) is 4.39 Å². The second-order valence-corrected chi connectivity index (χ2v) is 5.75. The van der Waals surface area contributed by atoms with Crippen LogP contribution >= 0.6 is 0 Å². The van der Waals surface area contributed by atoms with E-state index in [4.69, 9.17) is 0 Å². The SMILES string of the molecule is Cc1cccc(C(C)NC(=O)c2cn[nH]c2-c2ccccc2F)c1. The molecule has 24 heavy (non-hydrogen) atoms. The zero-order valence-electron chi connectivity index (χ0n) is 13.5. The molecule has 0 radical (unpaired) electrons. The molecule has 0 aliphatic heterocycles. The standard InChI is InChI=1S/C19H18FN3O/c1-12-6-5-7-14(10-12)13(2)22-19(24)16-11-21-23-18(16)15-8-3-4-9-17(15)20/h3-11,13H,1-2H3,(H,21,23)(H,22,24). The van der Waals surface area contributed by atoms with Crippen molar-refractivity contribution in [2.24, 2.45) is 0 Å². The highest BCUT2D eigenvalue weighted by Crippen LogP contribution is 2.24. The fourth-order valence-electron chi connectivity index (χ4n) is 2.62. The molecule has 0 aliphatic rings. The minimum absolute atomic E-state index is 0.166. The highest BCUT2D eigenvalue weighted by atomic mass is 19.1. The van der Waals surface area contributed by atoms with Crippen LogP contribution in [0.1, 0.15) is 34.5 Å². The number of nitrogens with one attached hydrogen (secondary N) is 2. The molecular formula is C19H18FN3O. The maximum atomic E-state index is 14.0. The fourth-order valence-corrected chi connectivity index (χ4v) is 2.62. The van der Waals surface area contributed by atoms with Crippen LogP contribution in [0.3, 0.4) is 0 Å². The smallest absolute Gasteiger partial charge is 0.255 e. The van der Waals surface area contributed by atoms with Crippen LogP contribution < -0.4 is 5.32 Å². The second-order valence-electron chi connectivity index (χ2n) is 5.75. The number of halogens is 1. The molecule has 0 aliphatic carbocycles. The number of aryl methyl sites for hydroxylation is 1. The van der Waals surface area contributed by atoms with Gasteiger partial charge in [-0.25, -0.2) is 4.39 Å². The molecule has 122 valence electrons. The molecule has 2 aromatic carbocycles. The molecule has 1 heterocycles. The number of hydrogen-bond acceptors (Lipinski definition) is 2. The molecule has 0 fully saturated rings. The lowest BCUT2D eigenvalue weighted by Crippen LogP contribution is -2.26. The van der Waals surface area contributed by atoms with Crippen molar-refractivity contribution in [3.8, 4) is 11.3 Å². The Bertz CT molecular complexity index is 872. The van der Waals surface area contributed by atoms with Gasteiger partial charge >= 0.3 is 0 Å². The summed E-state index contributed by atoms with van der Waals surface area (Å²) in [5, 5.41) is 9.55. The molecule has 3 aromatic rings. The number of benzene rings is 2. The summed E-state index contributed by atoms with van der Waals surface area (Å²) in [6, 6.07) is 14.1. The zero-order chi connectivity index (χ0) is 17.1. The van der Waals surface area contributed by atoms with Gasteiger partial charge in [0.15, 0.2) is 0 Å². The minimum atomic E-state index is -0.400. The van der Waals surface area contributed by atoms with Crippen LogP contribution in [-0.4, -0.2) is 16.1 Å². The Kier molecular flexibility index (Phi) is 4.42. The number of carbonyl (C=O) groups is 1. The average Bonchev–Trinajstić information content (AvgIpc) is 3.04. The predicted molar refractivity (Wildman–Crippen MR) is 91.0 cm³/mol. The molecule has 1 unspecified atom stereocenters. The van der Waals surface area contributed by atoms with Crippen LogP contribution in [-0.2, 0) is 0 Å². The van der Waals surface area contributed by atoms with Gasteiger partial charge in [-0.05, 0) is 31.5 Å². The van der Waals surface area contributed by atoms with Gasteiger partial charge in [0, 0.05) is 5.56 Å². The number of rotatable bonds is 4. The quantitative estimate of drug-likeness (QED) is 0.762. The molecule has 0 bridgehead atoms. The summed E-state index contributed by atoms with van der Waals surface area (Å²) in [5.41, 5.74) is 3.16. The van der Waals surface area contributed by atoms with E-state index in [1.165, 1.54) is 12.3 Å². The summed E-state index contributed by atoms with van der Waals surface area (Å²) in [7, 11) is 0. The van der Waals surface area contributed by atoms with Gasteiger partial charge in [-0.1, -0.05) is 42.0 Å². The molecule has 1 amide bonds. The lowest BCUT2D eigenvalue weighted by molar-refractivity contribution is 0.0940. The first kappa shape index (κ1) is 15.9. The van der Waals surface area contributed by atoms with Crippen molar-refractivity contribution in [3.05, 3.63) is 77.2 Å². The molecular weight excluding hydrogens is 305 g/mol.